The van der Waals surface area contributed by atoms with Gasteiger partial charge in [-0.2, -0.15) is 26.3 Å². The lowest BCUT2D eigenvalue weighted by atomic mass is 10.0. The Labute approximate surface area is 207 Å². The van der Waals surface area contributed by atoms with Crippen molar-refractivity contribution in [3.8, 4) is 5.75 Å². The zero-order valence-corrected chi connectivity index (χ0v) is 20.2. The third kappa shape index (κ3) is 6.61. The van der Waals surface area contributed by atoms with Crippen LogP contribution < -0.4 is 4.74 Å². The number of halogens is 6. The Hall–Kier alpha value is -3.55. The van der Waals surface area contributed by atoms with Gasteiger partial charge in [-0.15, -0.1) is 0 Å². The summed E-state index contributed by atoms with van der Waals surface area (Å²) < 4.78 is 117. The van der Waals surface area contributed by atoms with Crippen molar-refractivity contribution >= 4 is 15.8 Å². The van der Waals surface area contributed by atoms with E-state index in [1.807, 2.05) is 0 Å². The normalized spacial score (nSPS) is 12.4. The van der Waals surface area contributed by atoms with Gasteiger partial charge in [0.1, 0.15) is 5.75 Å². The van der Waals surface area contributed by atoms with E-state index < -0.39 is 68.0 Å². The molecule has 1 aromatic heterocycles. The van der Waals surface area contributed by atoms with E-state index in [9.17, 15) is 39.6 Å². The maximum atomic E-state index is 13.6. The van der Waals surface area contributed by atoms with Gasteiger partial charge in [-0.1, -0.05) is 18.2 Å². The second-order valence-corrected chi connectivity index (χ2v) is 9.62. The second-order valence-electron chi connectivity index (χ2n) is 7.73. The fraction of sp³-hybridized carbons (Fsp3) is 0.304. The van der Waals surface area contributed by atoms with Crippen molar-refractivity contribution in [3.63, 3.8) is 0 Å². The molecule has 0 fully saturated rings. The number of carbonyl (C=O) groups excluding carboxylic acids is 1. The Morgan fingerprint density at radius 3 is 2.19 bits per heavy atom. The first-order valence-electron chi connectivity index (χ1n) is 10.5. The number of hydrogen-bond acceptors (Lipinski definition) is 6. The third-order valence-corrected chi connectivity index (χ3v) is 6.70. The number of sulfone groups is 1. The maximum Gasteiger partial charge on any atom is 0.416 e. The van der Waals surface area contributed by atoms with E-state index in [4.69, 9.17) is 9.47 Å². The number of methoxy groups -OCH3 is 1. The highest BCUT2D eigenvalue weighted by atomic mass is 32.2. The standard InChI is InChI=1S/C23H20F6N2O5S/c1-3-36-20(32)19-12-31(11-15-6-7-16(22(24,25)26)10-18(15)23(27,28)29)21(30-19)37(33,34)13-14-4-8-17(35-2)9-5-14/h4-10,12H,3,11,13H2,1-2H3. The van der Waals surface area contributed by atoms with Crippen LogP contribution in [0.4, 0.5) is 26.3 Å². The fourth-order valence-corrected chi connectivity index (χ4v) is 4.88. The lowest BCUT2D eigenvalue weighted by molar-refractivity contribution is -0.143. The van der Waals surface area contributed by atoms with Gasteiger partial charge in [-0.25, -0.2) is 18.2 Å². The highest BCUT2D eigenvalue weighted by Gasteiger charge is 2.38. The molecule has 0 aliphatic rings. The van der Waals surface area contributed by atoms with Crippen molar-refractivity contribution in [2.24, 2.45) is 0 Å². The van der Waals surface area contributed by atoms with Gasteiger partial charge in [0, 0.05) is 6.20 Å². The quantitative estimate of drug-likeness (QED) is 0.286. The highest BCUT2D eigenvalue weighted by Crippen LogP contribution is 2.38. The SMILES string of the molecule is CCOC(=O)c1cn(Cc2ccc(C(F)(F)F)cc2C(F)(F)F)c(S(=O)(=O)Cc2ccc(OC)cc2)n1. The first kappa shape index (κ1) is 28.0. The molecule has 0 saturated carbocycles. The van der Waals surface area contributed by atoms with Crippen molar-refractivity contribution in [2.45, 2.75) is 36.7 Å². The number of carbonyl (C=O) groups is 1. The van der Waals surface area contributed by atoms with Crippen molar-refractivity contribution in [1.82, 2.24) is 9.55 Å². The average Bonchev–Trinajstić information content (AvgIpc) is 3.23. The smallest absolute Gasteiger partial charge is 0.416 e. The molecule has 0 N–H and O–H groups in total. The Kier molecular flexibility index (Phi) is 7.91. The number of benzene rings is 2. The van der Waals surface area contributed by atoms with Gasteiger partial charge in [0.25, 0.3) is 0 Å². The number of hydrogen-bond donors (Lipinski definition) is 0. The molecule has 1 heterocycles. The van der Waals surface area contributed by atoms with E-state index in [0.29, 0.717) is 23.4 Å². The zero-order valence-electron chi connectivity index (χ0n) is 19.4. The summed E-state index contributed by atoms with van der Waals surface area (Å²) >= 11 is 0. The van der Waals surface area contributed by atoms with Crippen LogP contribution in [0, 0.1) is 0 Å². The molecule has 0 unspecified atom stereocenters. The summed E-state index contributed by atoms with van der Waals surface area (Å²) in [5.74, 6) is -1.20. The average molecular weight is 550 g/mol. The molecule has 0 amide bonds. The van der Waals surface area contributed by atoms with Crippen LogP contribution in [0.15, 0.2) is 53.8 Å². The molecule has 0 spiro atoms. The summed E-state index contributed by atoms with van der Waals surface area (Å²) in [7, 11) is -2.94. The van der Waals surface area contributed by atoms with Crippen LogP contribution in [-0.4, -0.2) is 37.7 Å². The summed E-state index contributed by atoms with van der Waals surface area (Å²) in [4.78, 5) is 16.0. The molecule has 0 atom stereocenters. The molecule has 0 radical (unpaired) electrons. The van der Waals surface area contributed by atoms with Gasteiger partial charge < -0.3 is 14.0 Å². The van der Waals surface area contributed by atoms with Gasteiger partial charge in [0.05, 0.1) is 37.1 Å². The molecule has 37 heavy (non-hydrogen) atoms. The summed E-state index contributed by atoms with van der Waals surface area (Å²) in [6, 6.07) is 6.92. The number of alkyl halides is 6. The molecular formula is C23H20F6N2O5S. The predicted octanol–water partition coefficient (Wildman–Crippen LogP) is 5.13. The predicted molar refractivity (Wildman–Crippen MR) is 118 cm³/mol. The van der Waals surface area contributed by atoms with Gasteiger partial charge in [-0.05, 0) is 42.3 Å². The molecule has 0 saturated heterocycles. The topological polar surface area (TPSA) is 87.5 Å². The van der Waals surface area contributed by atoms with Crippen LogP contribution >= 0.6 is 0 Å². The number of nitrogens with zero attached hydrogens (tertiary/aromatic N) is 2. The summed E-state index contributed by atoms with van der Waals surface area (Å²) in [5, 5.41) is -0.751. The minimum atomic E-state index is -5.18. The molecule has 7 nitrogen and oxygen atoms in total. The van der Waals surface area contributed by atoms with Crippen LogP contribution in [0.5, 0.6) is 5.75 Å². The first-order valence-corrected chi connectivity index (χ1v) is 12.2. The third-order valence-electron chi connectivity index (χ3n) is 5.10. The summed E-state index contributed by atoms with van der Waals surface area (Å²) in [5.41, 5.74) is -3.98. The number of rotatable bonds is 8. The summed E-state index contributed by atoms with van der Waals surface area (Å²) in [6.45, 7) is 0.557. The number of ether oxygens (including phenoxy) is 2. The van der Waals surface area contributed by atoms with Gasteiger partial charge in [0.15, 0.2) is 5.69 Å². The van der Waals surface area contributed by atoms with Crippen molar-refractivity contribution < 1.29 is 49.0 Å². The van der Waals surface area contributed by atoms with E-state index in [1.54, 1.807) is 0 Å². The van der Waals surface area contributed by atoms with Crippen LogP contribution in [0.25, 0.3) is 0 Å². The highest BCUT2D eigenvalue weighted by molar-refractivity contribution is 7.90. The fourth-order valence-electron chi connectivity index (χ4n) is 3.41. The van der Waals surface area contributed by atoms with Crippen molar-refractivity contribution in [3.05, 3.63) is 76.6 Å². The zero-order chi connectivity index (χ0) is 27.6. The molecule has 3 rings (SSSR count). The Morgan fingerprint density at radius 1 is 1.00 bits per heavy atom. The summed E-state index contributed by atoms with van der Waals surface area (Å²) in [6.07, 6.45) is -9.32. The lowest BCUT2D eigenvalue weighted by Gasteiger charge is -2.17. The molecule has 0 aliphatic carbocycles. The van der Waals surface area contributed by atoms with E-state index in [1.165, 1.54) is 38.3 Å². The minimum absolute atomic E-state index is 0.0515. The van der Waals surface area contributed by atoms with E-state index >= 15 is 0 Å². The lowest BCUT2D eigenvalue weighted by Crippen LogP contribution is -2.17. The van der Waals surface area contributed by atoms with Crippen LogP contribution in [-0.2, 0) is 39.2 Å². The molecule has 0 bridgehead atoms. The molecule has 200 valence electrons. The van der Waals surface area contributed by atoms with Crippen LogP contribution in [0.1, 0.15) is 39.7 Å². The molecule has 14 heteroatoms. The number of imidazole rings is 1. The van der Waals surface area contributed by atoms with Gasteiger partial charge in [0.2, 0.25) is 15.0 Å². The second kappa shape index (κ2) is 10.4. The Bertz CT molecular complexity index is 1380. The van der Waals surface area contributed by atoms with Crippen molar-refractivity contribution in [2.75, 3.05) is 13.7 Å². The van der Waals surface area contributed by atoms with Crippen LogP contribution in [0.3, 0.4) is 0 Å². The molecule has 3 aromatic rings. The van der Waals surface area contributed by atoms with Gasteiger partial charge >= 0.3 is 18.3 Å². The minimum Gasteiger partial charge on any atom is -0.497 e. The number of esters is 1. The maximum absolute atomic E-state index is 13.6. The molecular weight excluding hydrogens is 530 g/mol. The number of aromatic nitrogens is 2. The van der Waals surface area contributed by atoms with E-state index in [2.05, 4.69) is 4.98 Å². The van der Waals surface area contributed by atoms with E-state index in [-0.39, 0.29) is 12.7 Å². The van der Waals surface area contributed by atoms with Crippen molar-refractivity contribution in [1.29, 1.82) is 0 Å². The molecule has 0 aliphatic heterocycles. The first-order chi connectivity index (χ1) is 17.2. The largest absolute Gasteiger partial charge is 0.497 e. The molecule has 2 aromatic carbocycles. The Balaban J connectivity index is 2.09. The monoisotopic (exact) mass is 550 g/mol. The van der Waals surface area contributed by atoms with Gasteiger partial charge in [-0.3, -0.25) is 0 Å². The van der Waals surface area contributed by atoms with E-state index in [0.717, 1.165) is 10.8 Å². The van der Waals surface area contributed by atoms with Crippen LogP contribution in [0.2, 0.25) is 0 Å². The Morgan fingerprint density at radius 2 is 1.65 bits per heavy atom.